The van der Waals surface area contributed by atoms with Crippen LogP contribution in [0, 0.1) is 5.92 Å². The molecule has 0 bridgehead atoms. The van der Waals surface area contributed by atoms with Gasteiger partial charge in [-0.1, -0.05) is 41.9 Å². The number of anilines is 1. The van der Waals surface area contributed by atoms with Crippen LogP contribution >= 0.6 is 11.6 Å². The van der Waals surface area contributed by atoms with Crippen molar-refractivity contribution in [3.05, 3.63) is 46.2 Å². The van der Waals surface area contributed by atoms with E-state index >= 15 is 0 Å². The number of aromatic nitrogens is 5. The minimum absolute atomic E-state index is 0.0668. The molecule has 0 saturated carbocycles. The van der Waals surface area contributed by atoms with E-state index in [2.05, 4.69) is 38.1 Å². The van der Waals surface area contributed by atoms with Gasteiger partial charge in [-0.15, -0.1) is 5.10 Å². The standard InChI is InChI=1S/C19H22ClN9O2/c1-12-6-8-28(9-7-12)11-15-16(23-27-29(15)18-17(21)25-31-26-18)19(30)24-22-10-13-4-2-3-5-14(13)20/h2-5,10,12H,6-9,11H2,1H3,(H2,21,25)(H,24,30)/p+1/b22-10-. The lowest BCUT2D eigenvalue weighted by Gasteiger charge is -2.27. The molecule has 4 N–H and O–H groups in total. The second-order valence-electron chi connectivity index (χ2n) is 7.60. The molecule has 11 nitrogen and oxygen atoms in total. The van der Waals surface area contributed by atoms with Gasteiger partial charge in [-0.2, -0.15) is 9.78 Å². The third kappa shape index (κ3) is 4.72. The molecule has 1 fully saturated rings. The van der Waals surface area contributed by atoms with Gasteiger partial charge in [0.2, 0.25) is 11.6 Å². The predicted molar refractivity (Wildman–Crippen MR) is 113 cm³/mol. The second-order valence-corrected chi connectivity index (χ2v) is 8.01. The lowest BCUT2D eigenvalue weighted by Crippen LogP contribution is -3.11. The fourth-order valence-electron chi connectivity index (χ4n) is 3.52. The normalized spacial score (nSPS) is 19.0. The van der Waals surface area contributed by atoms with E-state index in [1.807, 2.05) is 12.1 Å². The van der Waals surface area contributed by atoms with Gasteiger partial charge in [0.15, 0.2) is 5.69 Å². The van der Waals surface area contributed by atoms with Crippen LogP contribution in [-0.4, -0.2) is 50.5 Å². The van der Waals surface area contributed by atoms with Gasteiger partial charge in [0, 0.05) is 10.6 Å². The molecule has 3 aromatic rings. The monoisotopic (exact) mass is 444 g/mol. The number of carbonyl (C=O) groups is 1. The quantitative estimate of drug-likeness (QED) is 0.370. The number of hydrogen-bond acceptors (Lipinski definition) is 8. The zero-order valence-electron chi connectivity index (χ0n) is 17.0. The lowest BCUT2D eigenvalue weighted by atomic mass is 9.99. The summed E-state index contributed by atoms with van der Waals surface area (Å²) in [7, 11) is 0. The molecule has 0 unspecified atom stereocenters. The molecule has 0 aliphatic carbocycles. The van der Waals surface area contributed by atoms with Crippen LogP contribution in [0.4, 0.5) is 5.82 Å². The average molecular weight is 445 g/mol. The molecule has 1 aromatic carbocycles. The Morgan fingerprint density at radius 2 is 2.16 bits per heavy atom. The highest BCUT2D eigenvalue weighted by Crippen LogP contribution is 2.16. The minimum Gasteiger partial charge on any atom is -0.378 e. The number of nitrogens with one attached hydrogen (secondary N) is 2. The molecular formula is C19H23ClN9O2+. The number of amides is 1. The van der Waals surface area contributed by atoms with Crippen LogP contribution < -0.4 is 16.1 Å². The summed E-state index contributed by atoms with van der Waals surface area (Å²) in [6.07, 6.45) is 3.71. The summed E-state index contributed by atoms with van der Waals surface area (Å²) in [5, 5.41) is 20.1. The van der Waals surface area contributed by atoms with E-state index in [-0.39, 0.29) is 17.3 Å². The number of nitrogens with two attached hydrogens (primary N) is 1. The van der Waals surface area contributed by atoms with Crippen molar-refractivity contribution in [2.24, 2.45) is 11.0 Å². The number of carbonyl (C=O) groups excluding carboxylic acids is 1. The van der Waals surface area contributed by atoms with Gasteiger partial charge in [0.25, 0.3) is 5.91 Å². The largest absolute Gasteiger partial charge is 0.378 e. The van der Waals surface area contributed by atoms with Crippen LogP contribution in [0.5, 0.6) is 0 Å². The fraction of sp³-hybridized carbons (Fsp3) is 0.368. The van der Waals surface area contributed by atoms with E-state index in [1.165, 1.54) is 15.8 Å². The maximum atomic E-state index is 12.8. The van der Waals surface area contributed by atoms with Crippen molar-refractivity contribution in [3.8, 4) is 5.82 Å². The Morgan fingerprint density at radius 1 is 1.39 bits per heavy atom. The minimum atomic E-state index is -0.496. The molecule has 1 saturated heterocycles. The maximum absolute atomic E-state index is 12.8. The number of halogens is 1. The van der Waals surface area contributed by atoms with Crippen LogP contribution in [0.25, 0.3) is 5.82 Å². The Kier molecular flexibility index (Phi) is 6.23. The van der Waals surface area contributed by atoms with Crippen molar-refractivity contribution in [1.29, 1.82) is 0 Å². The van der Waals surface area contributed by atoms with Crippen LogP contribution in [0.2, 0.25) is 5.02 Å². The van der Waals surface area contributed by atoms with E-state index in [0.717, 1.165) is 25.9 Å². The molecule has 0 spiro atoms. The van der Waals surface area contributed by atoms with E-state index in [9.17, 15) is 4.79 Å². The Balaban J connectivity index is 1.57. The SMILES string of the molecule is CC1CC[NH+](Cc2c(C(=O)N/N=C\c3ccccc3Cl)nnn2-c2nonc2N)CC1. The molecule has 4 rings (SSSR count). The molecule has 162 valence electrons. The van der Waals surface area contributed by atoms with Gasteiger partial charge in [-0.05, 0) is 35.1 Å². The molecular weight excluding hydrogens is 422 g/mol. The Bertz CT molecular complexity index is 1090. The molecule has 1 amide bonds. The topological polar surface area (TPSA) is 142 Å². The average Bonchev–Trinajstić information content (AvgIpc) is 3.36. The van der Waals surface area contributed by atoms with Crippen molar-refractivity contribution >= 4 is 29.5 Å². The number of hydrazone groups is 1. The Labute approximate surface area is 183 Å². The zero-order valence-corrected chi connectivity index (χ0v) is 17.7. The molecule has 12 heteroatoms. The highest BCUT2D eigenvalue weighted by Gasteiger charge is 2.28. The van der Waals surface area contributed by atoms with E-state index in [1.54, 1.807) is 12.1 Å². The van der Waals surface area contributed by atoms with Crippen molar-refractivity contribution in [1.82, 2.24) is 30.7 Å². The number of nitrogens with zero attached hydrogens (tertiary/aromatic N) is 6. The number of benzene rings is 1. The first kappa shape index (κ1) is 20.9. The smallest absolute Gasteiger partial charge is 0.294 e. The van der Waals surface area contributed by atoms with Gasteiger partial charge >= 0.3 is 0 Å². The van der Waals surface area contributed by atoms with Crippen molar-refractivity contribution in [2.75, 3.05) is 18.8 Å². The van der Waals surface area contributed by atoms with Crippen LogP contribution in [0.15, 0.2) is 34.0 Å². The zero-order chi connectivity index (χ0) is 21.8. The maximum Gasteiger partial charge on any atom is 0.294 e. The van der Waals surface area contributed by atoms with E-state index in [4.69, 9.17) is 22.0 Å². The van der Waals surface area contributed by atoms with Gasteiger partial charge in [0.1, 0.15) is 12.2 Å². The first-order valence-electron chi connectivity index (χ1n) is 9.97. The Hall–Kier alpha value is -3.31. The third-order valence-corrected chi connectivity index (χ3v) is 5.69. The van der Waals surface area contributed by atoms with Crippen molar-refractivity contribution in [3.63, 3.8) is 0 Å². The summed E-state index contributed by atoms with van der Waals surface area (Å²) in [6.45, 7) is 4.76. The summed E-state index contributed by atoms with van der Waals surface area (Å²) < 4.78 is 6.10. The highest BCUT2D eigenvalue weighted by molar-refractivity contribution is 6.33. The second kappa shape index (κ2) is 9.23. The number of quaternary nitrogens is 1. The number of rotatable bonds is 6. The van der Waals surface area contributed by atoms with Crippen LogP contribution in [0.3, 0.4) is 0 Å². The number of likely N-dealkylation sites (tertiary alicyclic amines) is 1. The summed E-state index contributed by atoms with van der Waals surface area (Å²) in [6, 6.07) is 7.18. The summed E-state index contributed by atoms with van der Waals surface area (Å²) in [5.74, 6) is 0.469. The van der Waals surface area contributed by atoms with Crippen molar-refractivity contribution < 1.29 is 14.3 Å². The molecule has 0 radical (unpaired) electrons. The highest BCUT2D eigenvalue weighted by atomic mass is 35.5. The number of piperidine rings is 1. The predicted octanol–water partition coefficient (Wildman–Crippen LogP) is 0.465. The summed E-state index contributed by atoms with van der Waals surface area (Å²) >= 11 is 6.11. The van der Waals surface area contributed by atoms with Gasteiger partial charge in [-0.3, -0.25) is 4.79 Å². The van der Waals surface area contributed by atoms with E-state index < -0.39 is 5.91 Å². The fourth-order valence-corrected chi connectivity index (χ4v) is 3.71. The first-order valence-corrected chi connectivity index (χ1v) is 10.3. The van der Waals surface area contributed by atoms with Crippen molar-refractivity contribution in [2.45, 2.75) is 26.3 Å². The van der Waals surface area contributed by atoms with E-state index in [0.29, 0.717) is 28.7 Å². The molecule has 1 aliphatic rings. The number of nitrogen functional groups attached to an aromatic ring is 1. The number of hydrogen-bond donors (Lipinski definition) is 3. The van der Waals surface area contributed by atoms with Crippen LogP contribution in [0.1, 0.15) is 41.5 Å². The molecule has 2 aromatic heterocycles. The molecule has 1 aliphatic heterocycles. The summed E-state index contributed by atoms with van der Waals surface area (Å²) in [5.41, 5.74) is 9.72. The Morgan fingerprint density at radius 3 is 2.87 bits per heavy atom. The molecule has 31 heavy (non-hydrogen) atoms. The van der Waals surface area contributed by atoms with Gasteiger partial charge in [-0.25, -0.2) is 10.1 Å². The molecule has 3 heterocycles. The van der Waals surface area contributed by atoms with Gasteiger partial charge in [0.05, 0.1) is 19.3 Å². The third-order valence-electron chi connectivity index (χ3n) is 5.35. The first-order chi connectivity index (χ1) is 15.0. The lowest BCUT2D eigenvalue weighted by molar-refractivity contribution is -0.920. The molecule has 0 atom stereocenters. The van der Waals surface area contributed by atoms with Crippen LogP contribution in [-0.2, 0) is 6.54 Å². The van der Waals surface area contributed by atoms with Gasteiger partial charge < -0.3 is 10.6 Å². The summed E-state index contributed by atoms with van der Waals surface area (Å²) in [4.78, 5) is 14.2.